The van der Waals surface area contributed by atoms with Gasteiger partial charge in [-0.1, -0.05) is 13.8 Å². The predicted octanol–water partition coefficient (Wildman–Crippen LogP) is 3.44. The fourth-order valence-corrected chi connectivity index (χ4v) is 3.48. The molecule has 0 heterocycles. The summed E-state index contributed by atoms with van der Waals surface area (Å²) in [5.41, 5.74) is 4.08. The van der Waals surface area contributed by atoms with Crippen molar-refractivity contribution in [3.8, 4) is 0 Å². The van der Waals surface area contributed by atoms with Gasteiger partial charge >= 0.3 is 12.1 Å². The summed E-state index contributed by atoms with van der Waals surface area (Å²) in [5.74, 6) is -0.864. The van der Waals surface area contributed by atoms with Gasteiger partial charge in [-0.25, -0.2) is 4.79 Å². The number of methoxy groups -OCH3 is 1. The molecule has 8 heteroatoms. The number of benzene rings is 1. The molecule has 144 valence electrons. The molecule has 1 aromatic rings. The summed E-state index contributed by atoms with van der Waals surface area (Å²) in [6.45, 7) is 4.26. The molecule has 1 amide bonds. The van der Waals surface area contributed by atoms with Crippen LogP contribution in [0.5, 0.6) is 0 Å². The van der Waals surface area contributed by atoms with E-state index < -0.39 is 17.7 Å². The van der Waals surface area contributed by atoms with Crippen molar-refractivity contribution in [3.63, 3.8) is 0 Å². The average Bonchev–Trinajstić information content (AvgIpc) is 2.55. The van der Waals surface area contributed by atoms with E-state index >= 15 is 0 Å². The van der Waals surface area contributed by atoms with Gasteiger partial charge in [0.25, 0.3) is 0 Å². The van der Waals surface area contributed by atoms with E-state index in [1.165, 1.54) is 7.11 Å². The van der Waals surface area contributed by atoms with E-state index in [2.05, 4.69) is 10.1 Å². The van der Waals surface area contributed by atoms with Crippen molar-refractivity contribution in [2.45, 2.75) is 32.9 Å². The fraction of sp³-hybridized carbons (Fsp3) is 0.556. The summed E-state index contributed by atoms with van der Waals surface area (Å²) in [6, 6.07) is 3.12. The zero-order valence-corrected chi connectivity index (χ0v) is 14.9. The minimum absolute atomic E-state index is 0.0440. The second kappa shape index (κ2) is 7.17. The topological polar surface area (TPSA) is 81.4 Å². The van der Waals surface area contributed by atoms with Crippen molar-refractivity contribution in [2.75, 3.05) is 19.0 Å². The maximum Gasteiger partial charge on any atom is 0.418 e. The highest BCUT2D eigenvalue weighted by molar-refractivity contribution is 5.90. The Hall–Kier alpha value is -2.25. The molecule has 5 nitrogen and oxygen atoms in total. The van der Waals surface area contributed by atoms with E-state index in [0.29, 0.717) is 13.0 Å². The molecule has 3 N–H and O–H groups in total. The average molecular weight is 372 g/mol. The van der Waals surface area contributed by atoms with Crippen molar-refractivity contribution in [1.29, 1.82) is 0 Å². The first kappa shape index (κ1) is 20.1. The second-order valence-corrected chi connectivity index (χ2v) is 7.25. The zero-order valence-electron chi connectivity index (χ0n) is 14.9. The first-order valence-electron chi connectivity index (χ1n) is 8.28. The van der Waals surface area contributed by atoms with E-state index in [0.717, 1.165) is 18.2 Å². The lowest BCUT2D eigenvalue weighted by Gasteiger charge is -2.52. The Morgan fingerprint density at radius 1 is 1.31 bits per heavy atom. The Morgan fingerprint density at radius 3 is 2.46 bits per heavy atom. The third-order valence-corrected chi connectivity index (χ3v) is 5.41. The number of hydrogen-bond acceptors (Lipinski definition) is 4. The molecule has 1 fully saturated rings. The van der Waals surface area contributed by atoms with Gasteiger partial charge in [-0.05, 0) is 41.9 Å². The Labute approximate surface area is 150 Å². The quantitative estimate of drug-likeness (QED) is 0.750. The van der Waals surface area contributed by atoms with Gasteiger partial charge in [-0.3, -0.25) is 4.79 Å². The standard InChI is InChI=1S/C18H23F3N2O3/c1-17(2)11(8-15(22)24)7-12(17)9-23-14-6-10(16(25)26-3)4-5-13(14)18(19,20)21/h4-6,11-12,23H,7-9H2,1-3H3,(H2,22,24)/t11-,12-/m1/s1. The summed E-state index contributed by atoms with van der Waals surface area (Å²) in [7, 11) is 1.17. The smallest absolute Gasteiger partial charge is 0.418 e. The molecule has 0 saturated heterocycles. The molecule has 0 aromatic heterocycles. The molecule has 0 aliphatic heterocycles. The number of hydrogen-bond donors (Lipinski definition) is 2. The number of primary amides is 1. The third kappa shape index (κ3) is 4.11. The zero-order chi connectivity index (χ0) is 19.7. The van der Waals surface area contributed by atoms with Gasteiger partial charge in [0.2, 0.25) is 5.91 Å². The number of alkyl halides is 3. The van der Waals surface area contributed by atoms with E-state index in [-0.39, 0.29) is 40.8 Å². The molecular formula is C18H23F3N2O3. The molecule has 0 bridgehead atoms. The van der Waals surface area contributed by atoms with Crippen LogP contribution in [0.2, 0.25) is 0 Å². The molecular weight excluding hydrogens is 349 g/mol. The molecule has 26 heavy (non-hydrogen) atoms. The summed E-state index contributed by atoms with van der Waals surface area (Å²) >= 11 is 0. The summed E-state index contributed by atoms with van der Waals surface area (Å²) in [6.07, 6.45) is -3.56. The summed E-state index contributed by atoms with van der Waals surface area (Å²) in [5, 5.41) is 2.83. The maximum atomic E-state index is 13.2. The van der Waals surface area contributed by atoms with Crippen molar-refractivity contribution in [3.05, 3.63) is 29.3 Å². The van der Waals surface area contributed by atoms with Gasteiger partial charge < -0.3 is 15.8 Å². The van der Waals surface area contributed by atoms with Crippen LogP contribution < -0.4 is 11.1 Å². The highest BCUT2D eigenvalue weighted by Gasteiger charge is 2.48. The number of carbonyl (C=O) groups excluding carboxylic acids is 2. The van der Waals surface area contributed by atoms with Crippen LogP contribution in [0.1, 0.15) is 42.6 Å². The Balaban J connectivity index is 2.15. The number of nitrogens with one attached hydrogen (secondary N) is 1. The number of ether oxygens (including phenoxy) is 1. The number of halogens is 3. The Bertz CT molecular complexity index is 701. The highest BCUT2D eigenvalue weighted by Crippen LogP contribution is 2.52. The molecule has 1 aliphatic rings. The molecule has 2 atom stereocenters. The van der Waals surface area contributed by atoms with Gasteiger partial charge in [0.15, 0.2) is 0 Å². The SMILES string of the molecule is COC(=O)c1ccc(C(F)(F)F)c(NC[C@H]2C[C@H](CC(N)=O)C2(C)C)c1. The number of esters is 1. The molecule has 0 spiro atoms. The highest BCUT2D eigenvalue weighted by atomic mass is 19.4. The van der Waals surface area contributed by atoms with Crippen LogP contribution in [0.15, 0.2) is 18.2 Å². The minimum atomic E-state index is -4.54. The second-order valence-electron chi connectivity index (χ2n) is 7.25. The summed E-state index contributed by atoms with van der Waals surface area (Å²) in [4.78, 5) is 22.7. The van der Waals surface area contributed by atoms with Crippen LogP contribution in [0.3, 0.4) is 0 Å². The molecule has 1 saturated carbocycles. The van der Waals surface area contributed by atoms with Crippen molar-refractivity contribution in [2.24, 2.45) is 23.0 Å². The van der Waals surface area contributed by atoms with E-state index in [1.54, 1.807) is 0 Å². The normalized spacial score (nSPS) is 21.6. The lowest BCUT2D eigenvalue weighted by Crippen LogP contribution is -2.49. The third-order valence-electron chi connectivity index (χ3n) is 5.41. The van der Waals surface area contributed by atoms with Gasteiger partial charge in [-0.15, -0.1) is 0 Å². The van der Waals surface area contributed by atoms with Crippen LogP contribution in [-0.4, -0.2) is 25.5 Å². The first-order chi connectivity index (χ1) is 12.0. The fourth-order valence-electron chi connectivity index (χ4n) is 3.48. The number of nitrogens with two attached hydrogens (primary N) is 1. The van der Waals surface area contributed by atoms with Gasteiger partial charge in [0, 0.05) is 18.7 Å². The van der Waals surface area contributed by atoms with Crippen LogP contribution >= 0.6 is 0 Å². The van der Waals surface area contributed by atoms with E-state index in [9.17, 15) is 22.8 Å². The molecule has 1 aliphatic carbocycles. The van der Waals surface area contributed by atoms with Crippen molar-refractivity contribution in [1.82, 2.24) is 0 Å². The van der Waals surface area contributed by atoms with Gasteiger partial charge in [0.05, 0.1) is 18.2 Å². The largest absolute Gasteiger partial charge is 0.465 e. The lowest BCUT2D eigenvalue weighted by molar-refractivity contribution is -0.137. The number of anilines is 1. The van der Waals surface area contributed by atoms with E-state index in [1.807, 2.05) is 13.8 Å². The number of carbonyl (C=O) groups is 2. The molecule has 2 rings (SSSR count). The number of rotatable bonds is 6. The predicted molar refractivity (Wildman–Crippen MR) is 90.5 cm³/mol. The van der Waals surface area contributed by atoms with Crippen LogP contribution in [-0.2, 0) is 15.7 Å². The van der Waals surface area contributed by atoms with Crippen molar-refractivity contribution < 1.29 is 27.5 Å². The monoisotopic (exact) mass is 372 g/mol. The van der Waals surface area contributed by atoms with E-state index in [4.69, 9.17) is 5.73 Å². The van der Waals surface area contributed by atoms with Gasteiger partial charge in [-0.2, -0.15) is 13.2 Å². The molecule has 1 aromatic carbocycles. The number of amides is 1. The van der Waals surface area contributed by atoms with Crippen molar-refractivity contribution >= 4 is 17.6 Å². The van der Waals surface area contributed by atoms with Gasteiger partial charge in [0.1, 0.15) is 0 Å². The van der Waals surface area contributed by atoms with Crippen LogP contribution in [0, 0.1) is 17.3 Å². The first-order valence-corrected chi connectivity index (χ1v) is 8.28. The Kier molecular flexibility index (Phi) is 5.53. The Morgan fingerprint density at radius 2 is 1.96 bits per heavy atom. The van der Waals surface area contributed by atoms with Crippen LogP contribution in [0.4, 0.5) is 18.9 Å². The molecule has 0 unspecified atom stereocenters. The maximum absolute atomic E-state index is 13.2. The molecule has 0 radical (unpaired) electrons. The van der Waals surface area contributed by atoms with Crippen LogP contribution in [0.25, 0.3) is 0 Å². The minimum Gasteiger partial charge on any atom is -0.465 e. The summed E-state index contributed by atoms with van der Waals surface area (Å²) < 4.78 is 44.3. The lowest BCUT2D eigenvalue weighted by atomic mass is 9.53.